The molecule has 0 saturated carbocycles. The molecule has 8 heteroatoms. The highest BCUT2D eigenvalue weighted by Gasteiger charge is 2.12. The van der Waals surface area contributed by atoms with Crippen LogP contribution in [0, 0.1) is 20.8 Å². The zero-order valence-electron chi connectivity index (χ0n) is 14.5. The van der Waals surface area contributed by atoms with Gasteiger partial charge in [-0.3, -0.25) is 4.79 Å². The summed E-state index contributed by atoms with van der Waals surface area (Å²) in [6, 6.07) is 5.42. The maximum atomic E-state index is 12.4. The predicted molar refractivity (Wildman–Crippen MR) is 101 cm³/mol. The maximum Gasteiger partial charge on any atom is 0.255 e. The molecule has 0 atom stereocenters. The van der Waals surface area contributed by atoms with Gasteiger partial charge in [0.1, 0.15) is 0 Å². The van der Waals surface area contributed by atoms with Crippen LogP contribution in [0.1, 0.15) is 27.3 Å². The van der Waals surface area contributed by atoms with Crippen LogP contribution in [-0.4, -0.2) is 30.6 Å². The van der Waals surface area contributed by atoms with E-state index in [9.17, 15) is 4.79 Å². The number of aromatic nitrogens is 5. The number of amides is 1. The van der Waals surface area contributed by atoms with Crippen LogP contribution in [0.15, 0.2) is 36.1 Å². The largest absolute Gasteiger partial charge is 0.319 e. The van der Waals surface area contributed by atoms with Gasteiger partial charge in [-0.05, 0) is 44.5 Å². The molecule has 0 aliphatic carbocycles. The number of nitrogens with one attached hydrogen (secondary N) is 1. The SMILES string of the molecule is Cc1nn(-c2ncc(NC(=O)c3ccc4ncsc4c3)cn2)c(C)c1C. The van der Waals surface area contributed by atoms with Gasteiger partial charge in [-0.2, -0.15) is 5.10 Å². The molecule has 130 valence electrons. The van der Waals surface area contributed by atoms with Gasteiger partial charge < -0.3 is 5.32 Å². The summed E-state index contributed by atoms with van der Waals surface area (Å²) in [5, 5.41) is 7.26. The minimum atomic E-state index is -0.210. The monoisotopic (exact) mass is 364 g/mol. The summed E-state index contributed by atoms with van der Waals surface area (Å²) >= 11 is 1.50. The van der Waals surface area contributed by atoms with Crippen LogP contribution in [0.5, 0.6) is 0 Å². The van der Waals surface area contributed by atoms with E-state index in [1.807, 2.05) is 32.9 Å². The fourth-order valence-corrected chi connectivity index (χ4v) is 3.33. The van der Waals surface area contributed by atoms with Gasteiger partial charge in [-0.1, -0.05) is 0 Å². The molecule has 3 heterocycles. The topological polar surface area (TPSA) is 85.6 Å². The van der Waals surface area contributed by atoms with Crippen molar-refractivity contribution in [2.75, 3.05) is 5.32 Å². The Balaban J connectivity index is 1.55. The van der Waals surface area contributed by atoms with Crippen molar-refractivity contribution in [2.45, 2.75) is 20.8 Å². The molecule has 1 N–H and O–H groups in total. The highest BCUT2D eigenvalue weighted by molar-refractivity contribution is 7.16. The van der Waals surface area contributed by atoms with E-state index < -0.39 is 0 Å². The molecular formula is C18H16N6OS. The van der Waals surface area contributed by atoms with Crippen molar-refractivity contribution in [3.8, 4) is 5.95 Å². The maximum absolute atomic E-state index is 12.4. The molecule has 0 aliphatic rings. The van der Waals surface area contributed by atoms with Gasteiger partial charge in [0, 0.05) is 11.3 Å². The summed E-state index contributed by atoms with van der Waals surface area (Å²) in [5.74, 6) is 0.265. The Hall–Kier alpha value is -3.13. The molecule has 0 spiro atoms. The Morgan fingerprint density at radius 1 is 1.12 bits per heavy atom. The quantitative estimate of drug-likeness (QED) is 0.602. The number of anilines is 1. The zero-order valence-corrected chi connectivity index (χ0v) is 15.3. The highest BCUT2D eigenvalue weighted by Crippen LogP contribution is 2.20. The highest BCUT2D eigenvalue weighted by atomic mass is 32.1. The summed E-state index contributed by atoms with van der Waals surface area (Å²) in [5.41, 5.74) is 6.81. The molecule has 26 heavy (non-hydrogen) atoms. The molecule has 0 bridgehead atoms. The Morgan fingerprint density at radius 3 is 2.58 bits per heavy atom. The number of thiazole rings is 1. The van der Waals surface area contributed by atoms with E-state index in [-0.39, 0.29) is 5.91 Å². The van der Waals surface area contributed by atoms with Crippen molar-refractivity contribution in [1.82, 2.24) is 24.7 Å². The fraction of sp³-hybridized carbons (Fsp3) is 0.167. The fourth-order valence-electron chi connectivity index (χ4n) is 2.61. The lowest BCUT2D eigenvalue weighted by Gasteiger charge is -2.06. The molecule has 3 aromatic heterocycles. The molecule has 1 amide bonds. The molecule has 1 aromatic carbocycles. The van der Waals surface area contributed by atoms with Crippen LogP contribution in [0.4, 0.5) is 5.69 Å². The van der Waals surface area contributed by atoms with Crippen molar-refractivity contribution in [1.29, 1.82) is 0 Å². The van der Waals surface area contributed by atoms with Crippen molar-refractivity contribution in [3.05, 3.63) is 58.6 Å². The predicted octanol–water partition coefficient (Wildman–Crippen LogP) is 3.45. The first-order valence-electron chi connectivity index (χ1n) is 8.03. The van der Waals surface area contributed by atoms with Crippen molar-refractivity contribution in [2.24, 2.45) is 0 Å². The number of fused-ring (bicyclic) bond motifs is 1. The van der Waals surface area contributed by atoms with Gasteiger partial charge in [0.05, 0.1) is 39.5 Å². The minimum Gasteiger partial charge on any atom is -0.319 e. The Morgan fingerprint density at radius 2 is 1.88 bits per heavy atom. The van der Waals surface area contributed by atoms with Crippen LogP contribution >= 0.6 is 11.3 Å². The number of carbonyl (C=O) groups is 1. The standard InChI is InChI=1S/C18H16N6OS/c1-10-11(2)23-24(12(10)3)18-19-7-14(8-20-18)22-17(25)13-4-5-15-16(6-13)26-9-21-15/h4-9H,1-3H3,(H,22,25). The lowest BCUT2D eigenvalue weighted by Crippen LogP contribution is -2.13. The molecule has 0 saturated heterocycles. The van der Waals surface area contributed by atoms with E-state index in [1.54, 1.807) is 28.7 Å². The summed E-state index contributed by atoms with van der Waals surface area (Å²) in [6.07, 6.45) is 3.16. The van der Waals surface area contributed by atoms with Gasteiger partial charge in [-0.15, -0.1) is 11.3 Å². The number of nitrogens with zero attached hydrogens (tertiary/aromatic N) is 5. The third-order valence-corrected chi connectivity index (χ3v) is 5.12. The number of hydrogen-bond acceptors (Lipinski definition) is 6. The van der Waals surface area contributed by atoms with E-state index in [1.165, 1.54) is 11.3 Å². The summed E-state index contributed by atoms with van der Waals surface area (Å²) in [4.78, 5) is 25.3. The van der Waals surface area contributed by atoms with Gasteiger partial charge in [-0.25, -0.2) is 19.6 Å². The second-order valence-electron chi connectivity index (χ2n) is 5.97. The first-order valence-corrected chi connectivity index (χ1v) is 8.91. The molecule has 0 fully saturated rings. The number of benzene rings is 1. The van der Waals surface area contributed by atoms with Crippen molar-refractivity contribution >= 4 is 33.1 Å². The molecule has 0 aliphatic heterocycles. The molecule has 4 aromatic rings. The van der Waals surface area contributed by atoms with E-state index in [0.717, 1.165) is 27.2 Å². The van der Waals surface area contributed by atoms with Gasteiger partial charge >= 0.3 is 0 Å². The molecule has 4 rings (SSSR count). The lowest BCUT2D eigenvalue weighted by molar-refractivity contribution is 0.102. The summed E-state index contributed by atoms with van der Waals surface area (Å²) in [7, 11) is 0. The number of aryl methyl sites for hydroxylation is 1. The minimum absolute atomic E-state index is 0.210. The first-order chi connectivity index (χ1) is 12.5. The van der Waals surface area contributed by atoms with Crippen LogP contribution in [-0.2, 0) is 0 Å². The van der Waals surface area contributed by atoms with Gasteiger partial charge in [0.25, 0.3) is 11.9 Å². The summed E-state index contributed by atoms with van der Waals surface area (Å²) in [6.45, 7) is 5.94. The second kappa shape index (κ2) is 6.30. The molecule has 7 nitrogen and oxygen atoms in total. The average Bonchev–Trinajstić information content (AvgIpc) is 3.22. The Bertz CT molecular complexity index is 1110. The van der Waals surface area contributed by atoms with E-state index in [4.69, 9.17) is 0 Å². The van der Waals surface area contributed by atoms with Crippen molar-refractivity contribution < 1.29 is 4.79 Å². The average molecular weight is 364 g/mol. The van der Waals surface area contributed by atoms with Gasteiger partial charge in [0.15, 0.2) is 0 Å². The zero-order chi connectivity index (χ0) is 18.3. The molecule has 0 radical (unpaired) electrons. The van der Waals surface area contributed by atoms with Crippen LogP contribution < -0.4 is 5.32 Å². The second-order valence-corrected chi connectivity index (χ2v) is 6.85. The Labute approximate surface area is 153 Å². The molecule has 0 unspecified atom stereocenters. The van der Waals surface area contributed by atoms with E-state index in [2.05, 4.69) is 25.4 Å². The van der Waals surface area contributed by atoms with Gasteiger partial charge in [0.2, 0.25) is 0 Å². The lowest BCUT2D eigenvalue weighted by atomic mass is 10.2. The van der Waals surface area contributed by atoms with E-state index >= 15 is 0 Å². The molecular weight excluding hydrogens is 348 g/mol. The van der Waals surface area contributed by atoms with Crippen LogP contribution in [0.2, 0.25) is 0 Å². The smallest absolute Gasteiger partial charge is 0.255 e. The van der Waals surface area contributed by atoms with Crippen molar-refractivity contribution in [3.63, 3.8) is 0 Å². The summed E-state index contributed by atoms with van der Waals surface area (Å²) < 4.78 is 2.68. The number of hydrogen-bond donors (Lipinski definition) is 1. The van der Waals surface area contributed by atoms with Crippen LogP contribution in [0.3, 0.4) is 0 Å². The number of rotatable bonds is 3. The number of carbonyl (C=O) groups excluding carboxylic acids is 1. The van der Waals surface area contributed by atoms with Crippen LogP contribution in [0.25, 0.3) is 16.2 Å². The Kier molecular flexibility index (Phi) is 3.96. The third kappa shape index (κ3) is 2.84. The normalized spacial score (nSPS) is 11.0. The third-order valence-electron chi connectivity index (χ3n) is 4.33. The first kappa shape index (κ1) is 16.3. The van der Waals surface area contributed by atoms with E-state index in [0.29, 0.717) is 17.2 Å².